The van der Waals surface area contributed by atoms with Gasteiger partial charge in [-0.1, -0.05) is 32.1 Å². The number of rotatable bonds is 8. The van der Waals surface area contributed by atoms with Gasteiger partial charge in [0.05, 0.1) is 24.4 Å². The molecule has 0 bridgehead atoms. The normalized spacial score (nSPS) is 18.1. The largest absolute Gasteiger partial charge is 0.463 e. The third-order valence-electron chi connectivity index (χ3n) is 5.80. The molecule has 0 radical (unpaired) electrons. The van der Waals surface area contributed by atoms with E-state index in [9.17, 15) is 19.2 Å². The number of nitrogens with one attached hydrogen (secondary N) is 2. The van der Waals surface area contributed by atoms with Crippen LogP contribution in [0.3, 0.4) is 0 Å². The van der Waals surface area contributed by atoms with Crippen LogP contribution >= 0.6 is 0 Å². The van der Waals surface area contributed by atoms with E-state index < -0.39 is 36.3 Å². The smallest absolute Gasteiger partial charge is 0.337 e. The second-order valence-electron chi connectivity index (χ2n) is 8.29. The Bertz CT molecular complexity index is 768. The van der Waals surface area contributed by atoms with E-state index in [0.29, 0.717) is 11.4 Å². The molecule has 0 aromatic heterocycles. The van der Waals surface area contributed by atoms with E-state index in [2.05, 4.69) is 10.6 Å². The van der Waals surface area contributed by atoms with Gasteiger partial charge < -0.3 is 24.8 Å². The van der Waals surface area contributed by atoms with Crippen molar-refractivity contribution in [1.29, 1.82) is 0 Å². The Labute approximate surface area is 195 Å². The molecular formula is C24H36N2O7. The summed E-state index contributed by atoms with van der Waals surface area (Å²) in [5.41, 5.74) is 0.687. The molecule has 1 aliphatic heterocycles. The van der Waals surface area contributed by atoms with Gasteiger partial charge in [0.15, 0.2) is 6.61 Å². The minimum absolute atomic E-state index is 0.0315. The van der Waals surface area contributed by atoms with Crippen molar-refractivity contribution in [2.24, 2.45) is 5.92 Å². The maximum absolute atomic E-state index is 13.1. The Balaban J connectivity index is 2.16. The number of carbonyl (C=O) groups is 4. The average Bonchev–Trinajstić information content (AvgIpc) is 2.73. The molecule has 9 heteroatoms. The molecular weight excluding hydrogens is 428 g/mol. The molecule has 1 amide bonds. The molecule has 2 rings (SSSR count). The van der Waals surface area contributed by atoms with E-state index >= 15 is 0 Å². The highest BCUT2D eigenvalue weighted by atomic mass is 16.5. The first-order valence-electron chi connectivity index (χ1n) is 11.8. The van der Waals surface area contributed by atoms with Gasteiger partial charge in [-0.15, -0.1) is 0 Å². The summed E-state index contributed by atoms with van der Waals surface area (Å²) in [6.45, 7) is 6.20. The van der Waals surface area contributed by atoms with Crippen molar-refractivity contribution in [3.05, 3.63) is 22.5 Å². The van der Waals surface area contributed by atoms with E-state index in [4.69, 9.17) is 14.2 Å². The summed E-state index contributed by atoms with van der Waals surface area (Å²) in [5.74, 6) is -4.11. The van der Waals surface area contributed by atoms with Crippen LogP contribution in [-0.2, 0) is 33.4 Å². The van der Waals surface area contributed by atoms with Crippen LogP contribution in [-0.4, -0.2) is 49.7 Å². The van der Waals surface area contributed by atoms with Gasteiger partial charge in [0.1, 0.15) is 5.92 Å². The number of allylic oxidation sites excluding steroid dienone is 2. The molecule has 1 saturated carbocycles. The molecule has 0 aromatic rings. The summed E-state index contributed by atoms with van der Waals surface area (Å²) in [6, 6.07) is 0.0600. The number of esters is 3. The molecule has 184 valence electrons. The molecule has 2 aliphatic rings. The SMILES string of the molecule is CCOC(=O)C1=C(C)NC(C)=C(C(=O)OCC)C1C(=O)OCC(=O)NC1CCCCCCC1. The summed E-state index contributed by atoms with van der Waals surface area (Å²) in [6.07, 6.45) is 7.44. The molecule has 2 N–H and O–H groups in total. The summed E-state index contributed by atoms with van der Waals surface area (Å²) >= 11 is 0. The zero-order chi connectivity index (χ0) is 24.4. The number of dihydropyridines is 1. The molecule has 0 saturated heterocycles. The third kappa shape index (κ3) is 7.33. The number of ether oxygens (including phenoxy) is 3. The van der Waals surface area contributed by atoms with Crippen LogP contribution in [0.5, 0.6) is 0 Å². The Kier molecular flexibility index (Phi) is 10.4. The van der Waals surface area contributed by atoms with Gasteiger partial charge in [0.25, 0.3) is 5.91 Å². The summed E-state index contributed by atoms with van der Waals surface area (Å²) < 4.78 is 15.5. The Hall–Kier alpha value is -2.84. The maximum Gasteiger partial charge on any atom is 0.337 e. The molecule has 33 heavy (non-hydrogen) atoms. The minimum atomic E-state index is -1.35. The fraction of sp³-hybridized carbons (Fsp3) is 0.667. The fourth-order valence-electron chi connectivity index (χ4n) is 4.28. The number of hydrogen-bond donors (Lipinski definition) is 2. The molecule has 1 fully saturated rings. The van der Waals surface area contributed by atoms with Crippen molar-refractivity contribution in [2.45, 2.75) is 78.7 Å². The predicted molar refractivity (Wildman–Crippen MR) is 121 cm³/mol. The molecule has 1 heterocycles. The monoisotopic (exact) mass is 464 g/mol. The van der Waals surface area contributed by atoms with E-state index in [1.165, 1.54) is 6.42 Å². The van der Waals surface area contributed by atoms with E-state index in [0.717, 1.165) is 38.5 Å². The van der Waals surface area contributed by atoms with Gasteiger partial charge in [-0.05, 0) is 40.5 Å². The Morgan fingerprint density at radius 3 is 1.79 bits per heavy atom. The van der Waals surface area contributed by atoms with Crippen molar-refractivity contribution in [1.82, 2.24) is 10.6 Å². The van der Waals surface area contributed by atoms with Crippen molar-refractivity contribution in [3.63, 3.8) is 0 Å². The van der Waals surface area contributed by atoms with Crippen LogP contribution < -0.4 is 10.6 Å². The van der Waals surface area contributed by atoms with Crippen LogP contribution in [0.4, 0.5) is 0 Å². The van der Waals surface area contributed by atoms with Gasteiger partial charge in [-0.2, -0.15) is 0 Å². The molecule has 0 unspecified atom stereocenters. The highest BCUT2D eigenvalue weighted by Crippen LogP contribution is 2.32. The fourth-order valence-corrected chi connectivity index (χ4v) is 4.28. The van der Waals surface area contributed by atoms with E-state index in [1.807, 2.05) is 0 Å². The zero-order valence-corrected chi connectivity index (χ0v) is 20.1. The number of hydrogen-bond acceptors (Lipinski definition) is 8. The van der Waals surface area contributed by atoms with Crippen molar-refractivity contribution in [2.75, 3.05) is 19.8 Å². The highest BCUT2D eigenvalue weighted by Gasteiger charge is 2.42. The summed E-state index contributed by atoms with van der Waals surface area (Å²) in [5, 5.41) is 5.88. The van der Waals surface area contributed by atoms with Crippen LogP contribution in [0.1, 0.15) is 72.6 Å². The zero-order valence-electron chi connectivity index (χ0n) is 20.1. The quantitative estimate of drug-likeness (QED) is 0.416. The summed E-state index contributed by atoms with van der Waals surface area (Å²) in [7, 11) is 0. The Morgan fingerprint density at radius 2 is 1.30 bits per heavy atom. The van der Waals surface area contributed by atoms with Crippen molar-refractivity contribution in [3.8, 4) is 0 Å². The molecule has 0 aromatic carbocycles. The van der Waals surface area contributed by atoms with E-state index in [-0.39, 0.29) is 30.4 Å². The standard InChI is InChI=1S/C24H36N2O7/c1-5-31-22(28)19-15(3)25-16(4)20(23(29)32-6-2)21(19)24(30)33-14-18(27)26-17-12-10-8-7-9-11-13-17/h17,21,25H,5-14H2,1-4H3,(H,26,27). The van der Waals surface area contributed by atoms with Gasteiger partial charge in [-0.3, -0.25) is 9.59 Å². The number of amides is 1. The predicted octanol–water partition coefficient (Wildman–Crippen LogP) is 2.65. The first-order chi connectivity index (χ1) is 15.8. The van der Waals surface area contributed by atoms with Crippen molar-refractivity contribution >= 4 is 23.8 Å². The maximum atomic E-state index is 13.1. The lowest BCUT2D eigenvalue weighted by molar-refractivity contribution is -0.154. The van der Waals surface area contributed by atoms with Crippen LogP contribution in [0.15, 0.2) is 22.5 Å². The van der Waals surface area contributed by atoms with E-state index in [1.54, 1.807) is 27.7 Å². The second-order valence-corrected chi connectivity index (χ2v) is 8.29. The first-order valence-corrected chi connectivity index (χ1v) is 11.8. The third-order valence-corrected chi connectivity index (χ3v) is 5.80. The average molecular weight is 465 g/mol. The van der Waals surface area contributed by atoms with Crippen LogP contribution in [0, 0.1) is 5.92 Å². The van der Waals surface area contributed by atoms with Gasteiger partial charge in [-0.25, -0.2) is 9.59 Å². The summed E-state index contributed by atoms with van der Waals surface area (Å²) in [4.78, 5) is 50.8. The first kappa shape index (κ1) is 26.4. The minimum Gasteiger partial charge on any atom is -0.463 e. The van der Waals surface area contributed by atoms with Gasteiger partial charge in [0.2, 0.25) is 0 Å². The topological polar surface area (TPSA) is 120 Å². The highest BCUT2D eigenvalue weighted by molar-refractivity contribution is 6.05. The van der Waals surface area contributed by atoms with Gasteiger partial charge in [0, 0.05) is 17.4 Å². The molecule has 9 nitrogen and oxygen atoms in total. The lowest BCUT2D eigenvalue weighted by atomic mass is 9.85. The van der Waals surface area contributed by atoms with Crippen LogP contribution in [0.25, 0.3) is 0 Å². The Morgan fingerprint density at radius 1 is 0.818 bits per heavy atom. The lowest BCUT2D eigenvalue weighted by Crippen LogP contribution is -2.41. The molecule has 1 aliphatic carbocycles. The molecule has 0 atom stereocenters. The second kappa shape index (κ2) is 13.0. The van der Waals surface area contributed by atoms with Crippen molar-refractivity contribution < 1.29 is 33.4 Å². The lowest BCUT2D eigenvalue weighted by Gasteiger charge is -2.28. The number of carbonyl (C=O) groups excluding carboxylic acids is 4. The molecule has 0 spiro atoms. The van der Waals surface area contributed by atoms with Gasteiger partial charge >= 0.3 is 17.9 Å². The van der Waals surface area contributed by atoms with Crippen LogP contribution in [0.2, 0.25) is 0 Å².